The molecule has 5 N–H and O–H groups in total. The number of halogens is 2. The van der Waals surface area contributed by atoms with Crippen molar-refractivity contribution in [1.82, 2.24) is 4.98 Å². The van der Waals surface area contributed by atoms with E-state index >= 15 is 0 Å². The highest BCUT2D eigenvalue weighted by Crippen LogP contribution is 2.38. The van der Waals surface area contributed by atoms with Crippen molar-refractivity contribution in [3.05, 3.63) is 59.0 Å². The number of rotatable bonds is 2. The molecule has 0 spiro atoms. The Morgan fingerprint density at radius 1 is 1.20 bits per heavy atom. The summed E-state index contributed by atoms with van der Waals surface area (Å²) in [7, 11) is 0. The van der Waals surface area contributed by atoms with Crippen molar-refractivity contribution >= 4 is 34.2 Å². The van der Waals surface area contributed by atoms with Crippen LogP contribution in [0.25, 0.3) is 22.0 Å². The van der Waals surface area contributed by atoms with Gasteiger partial charge in [0, 0.05) is 16.3 Å². The molecule has 1 heterocycles. The largest absolute Gasteiger partial charge is 0.507 e. The van der Waals surface area contributed by atoms with E-state index in [4.69, 9.17) is 23.1 Å². The Morgan fingerprint density at radius 3 is 2.64 bits per heavy atom. The molecule has 0 bridgehead atoms. The molecule has 0 unspecified atom stereocenters. The van der Waals surface area contributed by atoms with Crippen LogP contribution in [0.1, 0.15) is 10.4 Å². The third-order valence-electron chi connectivity index (χ3n) is 3.54. The highest BCUT2D eigenvalue weighted by Gasteiger charge is 2.17. The Balaban J connectivity index is 2.32. The molecule has 3 aromatic rings. The molecule has 0 saturated heterocycles. The molecule has 25 heavy (non-hydrogen) atoms. The normalized spacial score (nSPS) is 10.6. The first-order valence-corrected chi connectivity index (χ1v) is 7.46. The van der Waals surface area contributed by atoms with Crippen LogP contribution in [-0.2, 0) is 0 Å². The first-order chi connectivity index (χ1) is 11.9. The lowest BCUT2D eigenvalue weighted by molar-refractivity contribution is 0.100. The van der Waals surface area contributed by atoms with Gasteiger partial charge in [0.1, 0.15) is 11.6 Å². The van der Waals surface area contributed by atoms with Crippen LogP contribution in [-0.4, -0.2) is 22.0 Å². The number of carbonyl (C=O) groups is 1. The maximum Gasteiger partial charge on any atom is 0.280 e. The minimum Gasteiger partial charge on any atom is -0.507 e. The Hall–Kier alpha value is -3.19. The molecule has 2 aromatic carbocycles. The number of pyridine rings is 1. The highest BCUT2D eigenvalue weighted by atomic mass is 35.5. The number of carbonyl (C=O) groups excluding carboxylic acids is 1. The van der Waals surface area contributed by atoms with Crippen LogP contribution >= 0.6 is 11.6 Å². The molecule has 126 valence electrons. The van der Waals surface area contributed by atoms with Crippen LogP contribution in [0.3, 0.4) is 0 Å². The van der Waals surface area contributed by atoms with Gasteiger partial charge in [-0.15, -0.1) is 0 Å². The predicted molar refractivity (Wildman–Crippen MR) is 94.0 cm³/mol. The molecule has 8 heteroatoms. The van der Waals surface area contributed by atoms with Gasteiger partial charge < -0.3 is 16.6 Å². The van der Waals surface area contributed by atoms with Crippen LogP contribution in [0.5, 0.6) is 5.75 Å². The number of hydrogen-bond acceptors (Lipinski definition) is 3. The summed E-state index contributed by atoms with van der Waals surface area (Å²) in [6.07, 6.45) is 1.03. The Morgan fingerprint density at radius 2 is 1.96 bits per heavy atom. The number of amides is 1. The summed E-state index contributed by atoms with van der Waals surface area (Å²) >= 11 is 6.16. The zero-order valence-electron chi connectivity index (χ0n) is 12.7. The molecule has 0 atom stereocenters. The predicted octanol–water partition coefficient (Wildman–Crippen LogP) is 2.81. The third kappa shape index (κ3) is 3.09. The number of nitrogens with zero attached hydrogens (tertiary/aromatic N) is 2. The van der Waals surface area contributed by atoms with E-state index in [1.165, 1.54) is 24.3 Å². The molecule has 0 radical (unpaired) electrons. The van der Waals surface area contributed by atoms with E-state index in [0.29, 0.717) is 5.39 Å². The minimum atomic E-state index is -0.680. The SMILES string of the molecule is NC(N)=NC(=O)c1ccc2c(F)cnc(-c3c(O)cccc3Cl)c2c1. The van der Waals surface area contributed by atoms with E-state index in [1.807, 2.05) is 0 Å². The number of guanidine groups is 1. The number of phenolic OH excluding ortho intramolecular Hbond substituents is 1. The van der Waals surface area contributed by atoms with Crippen LogP contribution in [0.15, 0.2) is 47.6 Å². The van der Waals surface area contributed by atoms with Gasteiger partial charge in [-0.3, -0.25) is 9.78 Å². The van der Waals surface area contributed by atoms with Gasteiger partial charge in [-0.05, 0) is 24.3 Å². The zero-order chi connectivity index (χ0) is 18.1. The molecule has 0 aliphatic heterocycles. The second kappa shape index (κ2) is 6.37. The van der Waals surface area contributed by atoms with E-state index in [9.17, 15) is 14.3 Å². The quantitative estimate of drug-likeness (QED) is 0.481. The number of aliphatic imine (C=N–C) groups is 1. The van der Waals surface area contributed by atoms with Crippen molar-refractivity contribution in [3.8, 4) is 17.0 Å². The summed E-state index contributed by atoms with van der Waals surface area (Å²) in [5.74, 6) is -1.76. The van der Waals surface area contributed by atoms with Crippen molar-refractivity contribution < 1.29 is 14.3 Å². The van der Waals surface area contributed by atoms with Gasteiger partial charge in [0.2, 0.25) is 0 Å². The van der Waals surface area contributed by atoms with Gasteiger partial charge in [-0.25, -0.2) is 4.39 Å². The molecular formula is C17H12ClFN4O2. The highest BCUT2D eigenvalue weighted by molar-refractivity contribution is 6.34. The number of hydrogen-bond donors (Lipinski definition) is 3. The van der Waals surface area contributed by atoms with Crippen molar-refractivity contribution in [2.24, 2.45) is 16.5 Å². The summed E-state index contributed by atoms with van der Waals surface area (Å²) in [6.45, 7) is 0. The molecular weight excluding hydrogens is 347 g/mol. The molecule has 1 amide bonds. The monoisotopic (exact) mass is 358 g/mol. The van der Waals surface area contributed by atoms with Crippen molar-refractivity contribution in [2.45, 2.75) is 0 Å². The summed E-state index contributed by atoms with van der Waals surface area (Å²) in [5.41, 5.74) is 11.0. The Kier molecular flexibility index (Phi) is 4.24. The molecule has 0 aliphatic rings. The summed E-state index contributed by atoms with van der Waals surface area (Å²) in [5, 5.41) is 10.9. The van der Waals surface area contributed by atoms with Crippen LogP contribution in [0.2, 0.25) is 5.02 Å². The first kappa shape index (κ1) is 16.7. The van der Waals surface area contributed by atoms with Crippen LogP contribution < -0.4 is 11.5 Å². The van der Waals surface area contributed by atoms with Crippen molar-refractivity contribution in [2.75, 3.05) is 0 Å². The third-order valence-corrected chi connectivity index (χ3v) is 3.86. The summed E-state index contributed by atoms with van der Waals surface area (Å²) in [6, 6.07) is 8.79. The topological polar surface area (TPSA) is 115 Å². The van der Waals surface area contributed by atoms with Gasteiger partial charge in [0.05, 0.1) is 22.5 Å². The zero-order valence-corrected chi connectivity index (χ0v) is 13.5. The fourth-order valence-electron chi connectivity index (χ4n) is 2.47. The lowest BCUT2D eigenvalue weighted by Crippen LogP contribution is -2.24. The maximum atomic E-state index is 14.1. The molecule has 3 rings (SSSR count). The van der Waals surface area contributed by atoms with Gasteiger partial charge >= 0.3 is 0 Å². The lowest BCUT2D eigenvalue weighted by atomic mass is 10.0. The molecule has 0 aliphatic carbocycles. The number of nitrogens with two attached hydrogens (primary N) is 2. The second-order valence-electron chi connectivity index (χ2n) is 5.19. The second-order valence-corrected chi connectivity index (χ2v) is 5.60. The minimum absolute atomic E-state index is 0.117. The fraction of sp³-hybridized carbons (Fsp3) is 0. The van der Waals surface area contributed by atoms with Crippen LogP contribution in [0, 0.1) is 5.82 Å². The molecule has 1 aromatic heterocycles. The van der Waals surface area contributed by atoms with Crippen molar-refractivity contribution in [1.29, 1.82) is 0 Å². The molecule has 0 saturated carbocycles. The first-order valence-electron chi connectivity index (χ1n) is 7.08. The average Bonchev–Trinajstić information content (AvgIpc) is 2.55. The number of aromatic hydroxyl groups is 1. The van der Waals surface area contributed by atoms with E-state index in [-0.39, 0.29) is 38.9 Å². The summed E-state index contributed by atoms with van der Waals surface area (Å²) in [4.78, 5) is 19.5. The summed E-state index contributed by atoms with van der Waals surface area (Å²) < 4.78 is 14.1. The Bertz CT molecular complexity index is 1010. The molecule has 6 nitrogen and oxygen atoms in total. The van der Waals surface area contributed by atoms with Crippen LogP contribution in [0.4, 0.5) is 4.39 Å². The average molecular weight is 359 g/mol. The molecule has 0 fully saturated rings. The van der Waals surface area contributed by atoms with E-state index in [1.54, 1.807) is 12.1 Å². The van der Waals surface area contributed by atoms with Gasteiger partial charge in [0.25, 0.3) is 5.91 Å². The fourth-order valence-corrected chi connectivity index (χ4v) is 2.73. The van der Waals surface area contributed by atoms with Gasteiger partial charge in [0.15, 0.2) is 5.96 Å². The van der Waals surface area contributed by atoms with E-state index in [2.05, 4.69) is 9.98 Å². The van der Waals surface area contributed by atoms with Crippen molar-refractivity contribution in [3.63, 3.8) is 0 Å². The number of fused-ring (bicyclic) bond motifs is 1. The Labute approximate surface area is 146 Å². The number of aromatic nitrogens is 1. The van der Waals surface area contributed by atoms with Gasteiger partial charge in [-0.1, -0.05) is 23.7 Å². The number of phenols is 1. The lowest BCUT2D eigenvalue weighted by Gasteiger charge is -2.11. The number of benzene rings is 2. The smallest absolute Gasteiger partial charge is 0.280 e. The standard InChI is InChI=1S/C17H12ClFN4O2/c18-11-2-1-3-13(24)14(11)15-10-6-8(16(25)23-17(20)21)4-5-9(10)12(19)7-22-15/h1-7,24H,(H4,20,21,23,25). The van der Waals surface area contributed by atoms with Gasteiger partial charge in [-0.2, -0.15) is 4.99 Å². The van der Waals surface area contributed by atoms with E-state index < -0.39 is 11.7 Å². The maximum absolute atomic E-state index is 14.1. The van der Waals surface area contributed by atoms with E-state index in [0.717, 1.165) is 6.20 Å².